The Labute approximate surface area is 140 Å². The molecule has 134 valence electrons. The van der Waals surface area contributed by atoms with Crippen LogP contribution in [0, 0.1) is 5.92 Å². The number of carbonyl (C=O) groups excluding carboxylic acids is 2. The Morgan fingerprint density at radius 1 is 1.22 bits per heavy atom. The molecule has 6 nitrogen and oxygen atoms in total. The summed E-state index contributed by atoms with van der Waals surface area (Å²) in [6, 6.07) is -0.228. The summed E-state index contributed by atoms with van der Waals surface area (Å²) in [5.74, 6) is 0.216. The molecule has 0 spiro atoms. The zero-order valence-electron chi connectivity index (χ0n) is 15.5. The van der Waals surface area contributed by atoms with E-state index in [0.29, 0.717) is 13.0 Å². The summed E-state index contributed by atoms with van der Waals surface area (Å²) in [4.78, 5) is 24.6. The van der Waals surface area contributed by atoms with Gasteiger partial charge in [0.05, 0.1) is 0 Å². The molecule has 0 radical (unpaired) electrons. The summed E-state index contributed by atoms with van der Waals surface area (Å²) in [5, 5.41) is 6.78. The minimum absolute atomic E-state index is 0.0594. The van der Waals surface area contributed by atoms with Crippen LogP contribution in [-0.2, 0) is 9.53 Å². The molecule has 1 fully saturated rings. The molecular weight excluding hydrogens is 294 g/mol. The van der Waals surface area contributed by atoms with Crippen molar-refractivity contribution in [2.45, 2.75) is 72.4 Å². The van der Waals surface area contributed by atoms with Crippen molar-refractivity contribution in [3.05, 3.63) is 0 Å². The van der Waals surface area contributed by atoms with E-state index in [2.05, 4.69) is 10.3 Å². The van der Waals surface area contributed by atoms with Gasteiger partial charge in [-0.2, -0.15) is 0 Å². The maximum Gasteiger partial charge on any atom is 0.407 e. The van der Waals surface area contributed by atoms with Crippen LogP contribution in [0.25, 0.3) is 0 Å². The summed E-state index contributed by atoms with van der Waals surface area (Å²) in [6.07, 6.45) is 2.09. The van der Waals surface area contributed by atoms with Gasteiger partial charge in [-0.05, 0) is 46.5 Å². The first-order valence-corrected chi connectivity index (χ1v) is 8.68. The van der Waals surface area contributed by atoms with Gasteiger partial charge in [-0.15, -0.1) is 0 Å². The smallest absolute Gasteiger partial charge is 0.407 e. The quantitative estimate of drug-likeness (QED) is 0.815. The molecule has 0 saturated carbocycles. The summed E-state index contributed by atoms with van der Waals surface area (Å²) in [6.45, 7) is 14.0. The molecule has 1 aliphatic heterocycles. The molecule has 0 aromatic heterocycles. The van der Waals surface area contributed by atoms with Gasteiger partial charge in [0.15, 0.2) is 0 Å². The van der Waals surface area contributed by atoms with Crippen molar-refractivity contribution in [1.82, 2.24) is 15.3 Å². The Morgan fingerprint density at radius 3 is 2.22 bits per heavy atom. The Balaban J connectivity index is 2.63. The van der Waals surface area contributed by atoms with Crippen molar-refractivity contribution in [3.63, 3.8) is 0 Å². The number of hydrogen-bond donors (Lipinski definition) is 1. The van der Waals surface area contributed by atoms with Crippen LogP contribution >= 0.6 is 0 Å². The predicted octanol–water partition coefficient (Wildman–Crippen LogP) is 2.79. The van der Waals surface area contributed by atoms with E-state index in [1.165, 1.54) is 0 Å². The second kappa shape index (κ2) is 8.52. The first-order chi connectivity index (χ1) is 10.6. The van der Waals surface area contributed by atoms with Crippen molar-refractivity contribution in [2.75, 3.05) is 19.6 Å². The van der Waals surface area contributed by atoms with Crippen molar-refractivity contribution < 1.29 is 14.3 Å². The van der Waals surface area contributed by atoms with Gasteiger partial charge in [0.2, 0.25) is 5.91 Å². The third kappa shape index (κ3) is 6.77. The fourth-order valence-electron chi connectivity index (χ4n) is 2.68. The number of carbonyl (C=O) groups is 2. The van der Waals surface area contributed by atoms with Gasteiger partial charge >= 0.3 is 6.09 Å². The number of hydrazine groups is 1. The van der Waals surface area contributed by atoms with Gasteiger partial charge in [0, 0.05) is 32.1 Å². The maximum atomic E-state index is 12.6. The standard InChI is InChI=1S/C17H33N3O3/c1-7-20(19-10-8-9-11-19)15(21)12-14(13(2)3)18-16(22)23-17(4,5)6/h13-14H,7-12H2,1-6H3,(H,18,22)/t14-/m1/s1. The van der Waals surface area contributed by atoms with Gasteiger partial charge in [0.25, 0.3) is 0 Å². The summed E-state index contributed by atoms with van der Waals surface area (Å²) in [5.41, 5.74) is -0.541. The van der Waals surface area contributed by atoms with Crippen LogP contribution in [0.3, 0.4) is 0 Å². The molecule has 0 aromatic rings. The van der Waals surface area contributed by atoms with Crippen LogP contribution in [0.15, 0.2) is 0 Å². The molecular formula is C17H33N3O3. The molecule has 1 atom stereocenters. The highest BCUT2D eigenvalue weighted by atomic mass is 16.6. The fraction of sp³-hybridized carbons (Fsp3) is 0.882. The Hall–Kier alpha value is -1.30. The molecule has 0 bridgehead atoms. The molecule has 1 saturated heterocycles. The lowest BCUT2D eigenvalue weighted by molar-refractivity contribution is -0.147. The van der Waals surface area contributed by atoms with Crippen LogP contribution in [0.2, 0.25) is 0 Å². The van der Waals surface area contributed by atoms with Crippen molar-refractivity contribution >= 4 is 12.0 Å². The van der Waals surface area contributed by atoms with Gasteiger partial charge in [-0.3, -0.25) is 9.80 Å². The monoisotopic (exact) mass is 327 g/mol. The third-order valence-corrected chi connectivity index (χ3v) is 3.91. The number of nitrogens with zero attached hydrogens (tertiary/aromatic N) is 2. The zero-order valence-corrected chi connectivity index (χ0v) is 15.5. The van der Waals surface area contributed by atoms with Crippen molar-refractivity contribution in [1.29, 1.82) is 0 Å². The molecule has 1 N–H and O–H groups in total. The number of hydrogen-bond acceptors (Lipinski definition) is 4. The normalized spacial score (nSPS) is 17.2. The van der Waals surface area contributed by atoms with Gasteiger partial charge in [0.1, 0.15) is 5.60 Å². The van der Waals surface area contributed by atoms with Crippen LogP contribution in [0.5, 0.6) is 0 Å². The second-order valence-corrected chi connectivity index (χ2v) is 7.47. The highest BCUT2D eigenvalue weighted by Gasteiger charge is 2.28. The van der Waals surface area contributed by atoms with E-state index >= 15 is 0 Å². The maximum absolute atomic E-state index is 12.6. The largest absolute Gasteiger partial charge is 0.444 e. The fourth-order valence-corrected chi connectivity index (χ4v) is 2.68. The molecule has 1 aliphatic rings. The highest BCUT2D eigenvalue weighted by molar-refractivity contribution is 5.77. The zero-order chi connectivity index (χ0) is 17.6. The van der Waals surface area contributed by atoms with E-state index in [-0.39, 0.29) is 17.9 Å². The minimum atomic E-state index is -0.541. The number of nitrogens with one attached hydrogen (secondary N) is 1. The van der Waals surface area contributed by atoms with E-state index in [1.807, 2.05) is 46.6 Å². The lowest BCUT2D eigenvalue weighted by Crippen LogP contribution is -2.49. The number of alkyl carbamates (subject to hydrolysis) is 1. The summed E-state index contributed by atoms with van der Waals surface area (Å²) in [7, 11) is 0. The lowest BCUT2D eigenvalue weighted by Gasteiger charge is -2.33. The van der Waals surface area contributed by atoms with Crippen LogP contribution < -0.4 is 5.32 Å². The van der Waals surface area contributed by atoms with E-state index < -0.39 is 11.7 Å². The number of rotatable bonds is 6. The van der Waals surface area contributed by atoms with E-state index in [0.717, 1.165) is 25.9 Å². The first kappa shape index (κ1) is 19.7. The van der Waals surface area contributed by atoms with Crippen LogP contribution in [-0.4, -0.2) is 53.3 Å². The average molecular weight is 327 g/mol. The first-order valence-electron chi connectivity index (χ1n) is 8.68. The Morgan fingerprint density at radius 2 is 1.78 bits per heavy atom. The molecule has 1 rings (SSSR count). The predicted molar refractivity (Wildman–Crippen MR) is 90.8 cm³/mol. The van der Waals surface area contributed by atoms with E-state index in [4.69, 9.17) is 4.74 Å². The van der Waals surface area contributed by atoms with Gasteiger partial charge in [-0.1, -0.05) is 13.8 Å². The van der Waals surface area contributed by atoms with E-state index in [1.54, 1.807) is 0 Å². The van der Waals surface area contributed by atoms with Gasteiger partial charge in [-0.25, -0.2) is 9.80 Å². The molecule has 6 heteroatoms. The number of ether oxygens (including phenoxy) is 1. The van der Waals surface area contributed by atoms with E-state index in [9.17, 15) is 9.59 Å². The lowest BCUT2D eigenvalue weighted by atomic mass is 10.0. The second-order valence-electron chi connectivity index (χ2n) is 7.47. The van der Waals surface area contributed by atoms with Crippen molar-refractivity contribution in [3.8, 4) is 0 Å². The number of amides is 2. The summed E-state index contributed by atoms with van der Waals surface area (Å²) < 4.78 is 5.30. The van der Waals surface area contributed by atoms with Crippen molar-refractivity contribution in [2.24, 2.45) is 5.92 Å². The Bertz CT molecular complexity index is 398. The molecule has 2 amide bonds. The minimum Gasteiger partial charge on any atom is -0.444 e. The molecule has 1 heterocycles. The topological polar surface area (TPSA) is 61.9 Å². The van der Waals surface area contributed by atoms with Crippen LogP contribution in [0.1, 0.15) is 60.8 Å². The molecule has 0 unspecified atom stereocenters. The Kier molecular flexibility index (Phi) is 7.32. The molecule has 23 heavy (non-hydrogen) atoms. The van der Waals surface area contributed by atoms with Crippen LogP contribution in [0.4, 0.5) is 4.79 Å². The molecule has 0 aliphatic carbocycles. The SMILES string of the molecule is CCN(C(=O)C[C@@H](NC(=O)OC(C)(C)C)C(C)C)N1CCCC1. The average Bonchev–Trinajstić information content (AvgIpc) is 2.90. The molecule has 0 aromatic carbocycles. The summed E-state index contributed by atoms with van der Waals surface area (Å²) >= 11 is 0. The third-order valence-electron chi connectivity index (χ3n) is 3.91. The van der Waals surface area contributed by atoms with Gasteiger partial charge < -0.3 is 10.1 Å². The highest BCUT2D eigenvalue weighted by Crippen LogP contribution is 2.15.